The Balaban J connectivity index is 2.51. The first-order valence-electron chi connectivity index (χ1n) is 7.80. The average molecular weight is 388 g/mol. The summed E-state index contributed by atoms with van der Waals surface area (Å²) < 4.78 is 41.8. The van der Waals surface area contributed by atoms with Crippen LogP contribution in [0.1, 0.15) is 27.2 Å². The van der Waals surface area contributed by atoms with E-state index in [2.05, 4.69) is 5.32 Å². The molecule has 1 atom stereocenters. The number of amides is 3. The Bertz CT molecular complexity index is 761. The molecular weight excluding hydrogens is 367 g/mol. The number of sulfone groups is 1. The van der Waals surface area contributed by atoms with Crippen molar-refractivity contribution in [2.45, 2.75) is 44.2 Å². The second kappa shape index (κ2) is 9.27. The van der Waals surface area contributed by atoms with E-state index in [0.717, 1.165) is 24.3 Å². The number of hydrogen-bond donors (Lipinski definition) is 2. The first kappa shape index (κ1) is 21.6. The molecule has 2 N–H and O–H groups in total. The zero-order chi connectivity index (χ0) is 19.9. The van der Waals surface area contributed by atoms with Crippen LogP contribution in [0, 0.1) is 5.82 Å². The Morgan fingerprint density at radius 2 is 1.69 bits per heavy atom. The molecule has 26 heavy (non-hydrogen) atoms. The molecule has 0 aliphatic carbocycles. The zero-order valence-electron chi connectivity index (χ0n) is 14.6. The molecule has 0 bridgehead atoms. The fourth-order valence-electron chi connectivity index (χ4n) is 1.80. The number of carbonyl (C=O) groups excluding carboxylic acids is 3. The van der Waals surface area contributed by atoms with Gasteiger partial charge in [0.15, 0.2) is 15.9 Å². The minimum absolute atomic E-state index is 0.122. The quantitative estimate of drug-likeness (QED) is 0.534. The highest BCUT2D eigenvalue weighted by Crippen LogP contribution is 2.13. The number of ether oxygens (including phenoxy) is 1. The molecule has 1 aromatic carbocycles. The molecule has 0 aromatic heterocycles. The van der Waals surface area contributed by atoms with Crippen molar-refractivity contribution >= 4 is 27.7 Å². The number of carbonyl (C=O) groups is 3. The molecule has 0 aliphatic rings. The van der Waals surface area contributed by atoms with E-state index in [1.165, 1.54) is 6.92 Å². The van der Waals surface area contributed by atoms with Crippen molar-refractivity contribution in [3.05, 3.63) is 30.1 Å². The van der Waals surface area contributed by atoms with Crippen molar-refractivity contribution in [2.75, 3.05) is 5.75 Å². The normalized spacial score (nSPS) is 12.3. The van der Waals surface area contributed by atoms with E-state index in [0.29, 0.717) is 0 Å². The number of imide groups is 1. The van der Waals surface area contributed by atoms with Gasteiger partial charge in [0.05, 0.1) is 17.1 Å². The third-order valence-electron chi connectivity index (χ3n) is 3.08. The Morgan fingerprint density at radius 3 is 2.23 bits per heavy atom. The summed E-state index contributed by atoms with van der Waals surface area (Å²) in [7, 11) is -3.79. The summed E-state index contributed by atoms with van der Waals surface area (Å²) in [4.78, 5) is 34.7. The van der Waals surface area contributed by atoms with E-state index >= 15 is 0 Å². The monoisotopic (exact) mass is 388 g/mol. The summed E-state index contributed by atoms with van der Waals surface area (Å²) in [6, 6.07) is 3.28. The molecule has 0 saturated carbocycles. The summed E-state index contributed by atoms with van der Waals surface area (Å²) in [6.07, 6.45) is -1.76. The molecule has 3 amide bonds. The average Bonchev–Trinajstić information content (AvgIpc) is 2.52. The molecule has 0 saturated heterocycles. The molecule has 10 heteroatoms. The largest absolute Gasteiger partial charge is 0.453 e. The van der Waals surface area contributed by atoms with Gasteiger partial charge < -0.3 is 10.1 Å². The number of urea groups is 1. The third kappa shape index (κ3) is 7.18. The van der Waals surface area contributed by atoms with Crippen LogP contribution in [0.25, 0.3) is 0 Å². The van der Waals surface area contributed by atoms with E-state index in [1.807, 2.05) is 5.32 Å². The topological polar surface area (TPSA) is 119 Å². The number of benzene rings is 1. The predicted molar refractivity (Wildman–Crippen MR) is 90.4 cm³/mol. The lowest BCUT2D eigenvalue weighted by Crippen LogP contribution is -2.46. The number of rotatable bonds is 7. The van der Waals surface area contributed by atoms with Crippen molar-refractivity contribution in [2.24, 2.45) is 0 Å². The molecule has 8 nitrogen and oxygen atoms in total. The third-order valence-corrected chi connectivity index (χ3v) is 4.81. The van der Waals surface area contributed by atoms with Crippen LogP contribution in [0.4, 0.5) is 9.18 Å². The van der Waals surface area contributed by atoms with Gasteiger partial charge in [-0.05, 0) is 45.0 Å². The van der Waals surface area contributed by atoms with Crippen LogP contribution in [0.2, 0.25) is 0 Å². The van der Waals surface area contributed by atoms with Gasteiger partial charge in [0.2, 0.25) is 0 Å². The minimum Gasteiger partial charge on any atom is -0.453 e. The van der Waals surface area contributed by atoms with Crippen LogP contribution < -0.4 is 10.6 Å². The van der Waals surface area contributed by atoms with Crippen LogP contribution >= 0.6 is 0 Å². The number of nitrogens with one attached hydrogen (secondary N) is 2. The second-order valence-corrected chi connectivity index (χ2v) is 7.88. The highest BCUT2D eigenvalue weighted by Gasteiger charge is 2.22. The van der Waals surface area contributed by atoms with Gasteiger partial charge in [-0.3, -0.25) is 14.9 Å². The Kier molecular flexibility index (Phi) is 7.69. The van der Waals surface area contributed by atoms with Gasteiger partial charge >= 0.3 is 12.0 Å². The Morgan fingerprint density at radius 1 is 1.12 bits per heavy atom. The van der Waals surface area contributed by atoms with Crippen LogP contribution in [0.15, 0.2) is 29.2 Å². The zero-order valence-corrected chi connectivity index (χ0v) is 15.4. The molecule has 0 unspecified atom stereocenters. The standard InChI is InChI=1S/C16H21FN2O6S/c1-10(2)18-16(22)19-15(21)11(3)25-14(20)8-9-26(23,24)13-6-4-12(17)5-7-13/h4-7,10-11H,8-9H2,1-3H3,(H2,18,19,21,22)/t11-/m1/s1. The second-order valence-electron chi connectivity index (χ2n) is 5.77. The molecule has 0 heterocycles. The fourth-order valence-corrected chi connectivity index (χ4v) is 3.02. The van der Waals surface area contributed by atoms with Crippen LogP contribution in [0.5, 0.6) is 0 Å². The highest BCUT2D eigenvalue weighted by molar-refractivity contribution is 7.91. The van der Waals surface area contributed by atoms with Crippen molar-refractivity contribution in [3.63, 3.8) is 0 Å². The van der Waals surface area contributed by atoms with Crippen LogP contribution in [0.3, 0.4) is 0 Å². The van der Waals surface area contributed by atoms with E-state index in [1.54, 1.807) is 13.8 Å². The maximum atomic E-state index is 12.8. The molecule has 0 aliphatic heterocycles. The predicted octanol–water partition coefficient (Wildman–Crippen LogP) is 1.16. The highest BCUT2D eigenvalue weighted by atomic mass is 32.2. The van der Waals surface area contributed by atoms with Crippen molar-refractivity contribution in [1.29, 1.82) is 0 Å². The smallest absolute Gasteiger partial charge is 0.321 e. The molecule has 144 valence electrons. The van der Waals surface area contributed by atoms with E-state index in [-0.39, 0.29) is 10.9 Å². The first-order chi connectivity index (χ1) is 12.0. The molecule has 0 radical (unpaired) electrons. The van der Waals surface area contributed by atoms with Crippen molar-refractivity contribution in [1.82, 2.24) is 10.6 Å². The molecule has 0 spiro atoms. The van der Waals surface area contributed by atoms with Crippen LogP contribution in [-0.4, -0.2) is 44.2 Å². The SMILES string of the molecule is CC(C)NC(=O)NC(=O)[C@@H](C)OC(=O)CCS(=O)(=O)c1ccc(F)cc1. The number of hydrogen-bond acceptors (Lipinski definition) is 6. The maximum Gasteiger partial charge on any atom is 0.321 e. The lowest BCUT2D eigenvalue weighted by molar-refractivity contribution is -0.154. The van der Waals surface area contributed by atoms with Crippen molar-refractivity contribution < 1.29 is 31.9 Å². The molecular formula is C16H21FN2O6S. The van der Waals surface area contributed by atoms with Gasteiger partial charge in [-0.15, -0.1) is 0 Å². The lowest BCUT2D eigenvalue weighted by Gasteiger charge is -2.14. The van der Waals surface area contributed by atoms with Gasteiger partial charge in [-0.1, -0.05) is 0 Å². The van der Waals surface area contributed by atoms with Crippen molar-refractivity contribution in [3.8, 4) is 0 Å². The first-order valence-corrected chi connectivity index (χ1v) is 9.45. The molecule has 1 aromatic rings. The number of halogens is 1. The number of esters is 1. The van der Waals surface area contributed by atoms with Crippen LogP contribution in [-0.2, 0) is 24.2 Å². The summed E-state index contributed by atoms with van der Waals surface area (Å²) in [6.45, 7) is 4.66. The Hall–Kier alpha value is -2.49. The summed E-state index contributed by atoms with van der Waals surface area (Å²) in [5.74, 6) is -2.88. The van der Waals surface area contributed by atoms with E-state index < -0.39 is 51.8 Å². The lowest BCUT2D eigenvalue weighted by atomic mass is 10.3. The summed E-state index contributed by atoms with van der Waals surface area (Å²) in [5, 5.41) is 4.43. The van der Waals surface area contributed by atoms with Gasteiger partial charge in [0.25, 0.3) is 5.91 Å². The Labute approximate surface area is 151 Å². The summed E-state index contributed by atoms with van der Waals surface area (Å²) in [5.41, 5.74) is 0. The summed E-state index contributed by atoms with van der Waals surface area (Å²) >= 11 is 0. The van der Waals surface area contributed by atoms with Gasteiger partial charge in [-0.2, -0.15) is 0 Å². The van der Waals surface area contributed by atoms with E-state index in [4.69, 9.17) is 4.74 Å². The van der Waals surface area contributed by atoms with Gasteiger partial charge in [0, 0.05) is 6.04 Å². The minimum atomic E-state index is -3.79. The molecule has 0 fully saturated rings. The van der Waals surface area contributed by atoms with E-state index in [9.17, 15) is 27.2 Å². The van der Waals surface area contributed by atoms with Gasteiger partial charge in [0.1, 0.15) is 5.82 Å². The fraction of sp³-hybridized carbons (Fsp3) is 0.438. The maximum absolute atomic E-state index is 12.8. The molecule has 1 rings (SSSR count). The van der Waals surface area contributed by atoms with Gasteiger partial charge in [-0.25, -0.2) is 17.6 Å².